The molecule has 53 heavy (non-hydrogen) atoms. The summed E-state index contributed by atoms with van der Waals surface area (Å²) in [5.41, 5.74) is -0.507. The van der Waals surface area contributed by atoms with Crippen LogP contribution in [0, 0.1) is 29.1 Å². The Morgan fingerprint density at radius 1 is 0.642 bits per heavy atom. The third-order valence-corrected chi connectivity index (χ3v) is 13.4. The highest BCUT2D eigenvalue weighted by Crippen LogP contribution is 2.49. The van der Waals surface area contributed by atoms with Crippen LogP contribution in [0.15, 0.2) is 0 Å². The maximum absolute atomic E-state index is 12.9. The van der Waals surface area contributed by atoms with Crippen LogP contribution in [-0.2, 0) is 19.1 Å². The molecule has 0 aromatic rings. The van der Waals surface area contributed by atoms with E-state index in [9.17, 15) is 14.7 Å². The molecule has 0 radical (unpaired) electrons. The van der Waals surface area contributed by atoms with Gasteiger partial charge in [-0.3, -0.25) is 9.59 Å². The Labute approximate surface area is 330 Å². The second-order valence-corrected chi connectivity index (χ2v) is 18.3. The van der Waals surface area contributed by atoms with Gasteiger partial charge in [-0.15, -0.1) is 0 Å². The second kappa shape index (κ2) is 30.1. The van der Waals surface area contributed by atoms with Gasteiger partial charge in [0.05, 0.1) is 6.61 Å². The molecular weight excluding hydrogens is 659 g/mol. The van der Waals surface area contributed by atoms with Crippen LogP contribution < -0.4 is 0 Å². The van der Waals surface area contributed by atoms with E-state index in [1.54, 1.807) is 0 Å². The fourth-order valence-corrected chi connectivity index (χ4v) is 8.43. The summed E-state index contributed by atoms with van der Waals surface area (Å²) in [4.78, 5) is 27.8. The first-order chi connectivity index (χ1) is 25.4. The first kappa shape index (κ1) is 49.9. The average Bonchev–Trinajstić information content (AvgIpc) is 3.11. The van der Waals surface area contributed by atoms with Gasteiger partial charge in [-0.2, -0.15) is 0 Å². The van der Waals surface area contributed by atoms with Crippen molar-refractivity contribution in [3.8, 4) is 0 Å². The van der Waals surface area contributed by atoms with E-state index < -0.39 is 5.60 Å². The van der Waals surface area contributed by atoms with Crippen LogP contribution in [0.4, 0.5) is 0 Å². The molecule has 1 aliphatic rings. The van der Waals surface area contributed by atoms with Crippen molar-refractivity contribution < 1.29 is 24.2 Å². The number of hydrogen-bond acceptors (Lipinski definition) is 6. The smallest absolute Gasteiger partial charge is 0.306 e. The lowest BCUT2D eigenvalue weighted by atomic mass is 9.60. The molecule has 1 N–H and O–H groups in total. The molecule has 0 amide bonds. The summed E-state index contributed by atoms with van der Waals surface area (Å²) in [6.07, 6.45) is 29.2. The SMILES string of the molecule is CCCCCC(CCCCC)CCOC(=O)CCCCCCCN(CCCCO)CCCCCCCC(=O)OC(C)(C)C(C)(C)C1CCC(C)C(C)C1. The number of unbranched alkanes of at least 4 members (excludes halogenated alkanes) is 13. The molecule has 0 aromatic heterocycles. The van der Waals surface area contributed by atoms with Crippen molar-refractivity contribution in [3.05, 3.63) is 0 Å². The minimum absolute atomic E-state index is 0.0110. The molecule has 0 bridgehead atoms. The number of hydrogen-bond donors (Lipinski definition) is 1. The van der Waals surface area contributed by atoms with Crippen LogP contribution in [0.3, 0.4) is 0 Å². The fourth-order valence-electron chi connectivity index (χ4n) is 8.43. The molecule has 0 aromatic carbocycles. The third-order valence-electron chi connectivity index (χ3n) is 13.4. The quantitative estimate of drug-likeness (QED) is 0.0521. The zero-order valence-corrected chi connectivity index (χ0v) is 36.8. The molecule has 1 rings (SSSR count). The lowest BCUT2D eigenvalue weighted by molar-refractivity contribution is -0.175. The summed E-state index contributed by atoms with van der Waals surface area (Å²) in [6, 6.07) is 0. The summed E-state index contributed by atoms with van der Waals surface area (Å²) in [5, 5.41) is 9.30. The monoisotopic (exact) mass is 750 g/mol. The average molecular weight is 750 g/mol. The lowest BCUT2D eigenvalue weighted by Gasteiger charge is -2.49. The van der Waals surface area contributed by atoms with Gasteiger partial charge in [0.25, 0.3) is 0 Å². The van der Waals surface area contributed by atoms with Crippen LogP contribution in [-0.4, -0.2) is 60.4 Å². The molecule has 0 saturated heterocycles. The molecule has 0 aliphatic heterocycles. The summed E-state index contributed by atoms with van der Waals surface area (Å²) in [5.74, 6) is 2.78. The molecule has 0 spiro atoms. The summed E-state index contributed by atoms with van der Waals surface area (Å²) >= 11 is 0. The largest absolute Gasteiger partial charge is 0.466 e. The van der Waals surface area contributed by atoms with E-state index in [-0.39, 0.29) is 24.0 Å². The number of aliphatic hydroxyl groups is 1. The highest BCUT2D eigenvalue weighted by atomic mass is 16.6. The molecule has 6 heteroatoms. The Kier molecular flexibility index (Phi) is 28.3. The Hall–Kier alpha value is -1.14. The second-order valence-electron chi connectivity index (χ2n) is 18.3. The van der Waals surface area contributed by atoms with Crippen LogP contribution >= 0.6 is 0 Å². The normalized spacial score (nSPS) is 18.2. The van der Waals surface area contributed by atoms with Gasteiger partial charge in [0.2, 0.25) is 0 Å². The highest BCUT2D eigenvalue weighted by molar-refractivity contribution is 5.70. The number of esters is 2. The maximum Gasteiger partial charge on any atom is 0.306 e. The van der Waals surface area contributed by atoms with Gasteiger partial charge in [0.15, 0.2) is 0 Å². The van der Waals surface area contributed by atoms with Gasteiger partial charge < -0.3 is 19.5 Å². The van der Waals surface area contributed by atoms with E-state index >= 15 is 0 Å². The molecule has 3 unspecified atom stereocenters. The zero-order chi connectivity index (χ0) is 39.4. The zero-order valence-electron chi connectivity index (χ0n) is 36.8. The van der Waals surface area contributed by atoms with Crippen molar-refractivity contribution in [2.75, 3.05) is 32.8 Å². The van der Waals surface area contributed by atoms with Crippen molar-refractivity contribution in [1.82, 2.24) is 4.90 Å². The van der Waals surface area contributed by atoms with E-state index in [0.29, 0.717) is 31.3 Å². The van der Waals surface area contributed by atoms with Crippen molar-refractivity contribution in [3.63, 3.8) is 0 Å². The molecule has 3 atom stereocenters. The van der Waals surface area contributed by atoms with Gasteiger partial charge in [0, 0.05) is 24.9 Å². The molecular formula is C47H91NO5. The lowest BCUT2D eigenvalue weighted by Crippen LogP contribution is -2.49. The number of nitrogens with zero attached hydrogens (tertiary/aromatic N) is 1. The standard InChI is InChI=1S/C47H91NO5/c1-9-11-19-27-42(28-20-12-10-2)33-38-52-44(50)29-21-15-13-17-23-34-48(36-25-26-37-49)35-24-18-14-16-22-30-45(51)53-47(7,8)46(5,6)43-32-31-40(3)41(4)39-43/h40-43,49H,9-39H2,1-8H3. The van der Waals surface area contributed by atoms with E-state index in [2.05, 4.69) is 60.3 Å². The summed E-state index contributed by atoms with van der Waals surface area (Å²) < 4.78 is 11.8. The van der Waals surface area contributed by atoms with Crippen molar-refractivity contribution in [2.45, 2.75) is 228 Å². The van der Waals surface area contributed by atoms with Crippen LogP contribution in [0.5, 0.6) is 0 Å². The minimum atomic E-state index is -0.465. The number of carbonyl (C=O) groups is 2. The van der Waals surface area contributed by atoms with Crippen molar-refractivity contribution in [1.29, 1.82) is 0 Å². The Morgan fingerprint density at radius 2 is 1.15 bits per heavy atom. The highest BCUT2D eigenvalue weighted by Gasteiger charge is 2.47. The van der Waals surface area contributed by atoms with Gasteiger partial charge in [-0.05, 0) is 115 Å². The van der Waals surface area contributed by atoms with Crippen LogP contribution in [0.2, 0.25) is 0 Å². The predicted octanol–water partition coefficient (Wildman–Crippen LogP) is 12.9. The first-order valence-corrected chi connectivity index (χ1v) is 23.1. The number of aliphatic hydroxyl groups excluding tert-OH is 1. The maximum atomic E-state index is 12.9. The molecule has 1 aliphatic carbocycles. The Balaban J connectivity index is 2.21. The van der Waals surface area contributed by atoms with Crippen LogP contribution in [0.25, 0.3) is 0 Å². The van der Waals surface area contributed by atoms with E-state index in [1.165, 1.54) is 103 Å². The van der Waals surface area contributed by atoms with Gasteiger partial charge in [-0.1, -0.05) is 138 Å². The summed E-state index contributed by atoms with van der Waals surface area (Å²) in [7, 11) is 0. The molecule has 1 saturated carbocycles. The number of carbonyl (C=O) groups excluding carboxylic acids is 2. The molecule has 1 fully saturated rings. The number of rotatable bonds is 34. The molecule has 314 valence electrons. The van der Waals surface area contributed by atoms with Crippen LogP contribution in [0.1, 0.15) is 222 Å². The summed E-state index contributed by atoms with van der Waals surface area (Å²) in [6.45, 7) is 22.3. The Bertz CT molecular complexity index is 893. The van der Waals surface area contributed by atoms with Gasteiger partial charge in [-0.25, -0.2) is 0 Å². The van der Waals surface area contributed by atoms with Crippen molar-refractivity contribution in [2.24, 2.45) is 29.1 Å². The molecule has 6 nitrogen and oxygen atoms in total. The van der Waals surface area contributed by atoms with E-state index in [1.807, 2.05) is 0 Å². The minimum Gasteiger partial charge on any atom is -0.466 e. The number of ether oxygens (including phenoxy) is 2. The first-order valence-electron chi connectivity index (χ1n) is 23.1. The van der Waals surface area contributed by atoms with Gasteiger partial charge in [0.1, 0.15) is 5.60 Å². The van der Waals surface area contributed by atoms with Crippen molar-refractivity contribution >= 4 is 11.9 Å². The van der Waals surface area contributed by atoms with E-state index in [0.717, 1.165) is 82.8 Å². The Morgan fingerprint density at radius 3 is 1.68 bits per heavy atom. The third kappa shape index (κ3) is 22.9. The molecule has 0 heterocycles. The predicted molar refractivity (Wildman–Crippen MR) is 225 cm³/mol. The fraction of sp³-hybridized carbons (Fsp3) is 0.957. The van der Waals surface area contributed by atoms with Gasteiger partial charge >= 0.3 is 11.9 Å². The van der Waals surface area contributed by atoms with E-state index in [4.69, 9.17) is 9.47 Å². The topological polar surface area (TPSA) is 76.1 Å².